The van der Waals surface area contributed by atoms with Gasteiger partial charge in [0.05, 0.1) is 18.1 Å². The van der Waals surface area contributed by atoms with Crippen LogP contribution in [0.3, 0.4) is 0 Å². The lowest BCUT2D eigenvalue weighted by molar-refractivity contribution is 0.0730. The first-order valence-corrected chi connectivity index (χ1v) is 7.41. The SMILES string of the molecule is Cc1ccc(S(=O)(=O)N2CCOCC2)cc1B(O)O. The van der Waals surface area contributed by atoms with Crippen LogP contribution in [0.4, 0.5) is 0 Å². The zero-order valence-electron chi connectivity index (χ0n) is 10.6. The maximum atomic E-state index is 12.4. The second-order valence-electron chi connectivity index (χ2n) is 4.41. The minimum Gasteiger partial charge on any atom is -0.423 e. The van der Waals surface area contributed by atoms with Crippen molar-refractivity contribution in [3.05, 3.63) is 23.8 Å². The largest absolute Gasteiger partial charge is 0.488 e. The lowest BCUT2D eigenvalue weighted by atomic mass is 9.77. The van der Waals surface area contributed by atoms with Gasteiger partial charge in [-0.3, -0.25) is 0 Å². The van der Waals surface area contributed by atoms with E-state index in [4.69, 9.17) is 4.74 Å². The fraction of sp³-hybridized carbons (Fsp3) is 0.455. The van der Waals surface area contributed by atoms with Crippen molar-refractivity contribution in [3.63, 3.8) is 0 Å². The first-order chi connectivity index (χ1) is 8.93. The maximum absolute atomic E-state index is 12.4. The predicted octanol–water partition coefficient (Wildman–Crippen LogP) is -1.30. The van der Waals surface area contributed by atoms with Crippen molar-refractivity contribution in [2.45, 2.75) is 11.8 Å². The summed E-state index contributed by atoms with van der Waals surface area (Å²) in [6.07, 6.45) is 0. The highest BCUT2D eigenvalue weighted by atomic mass is 32.2. The Hall–Kier alpha value is -0.925. The van der Waals surface area contributed by atoms with E-state index in [1.54, 1.807) is 13.0 Å². The number of morpholine rings is 1. The number of benzene rings is 1. The van der Waals surface area contributed by atoms with Gasteiger partial charge in [0.15, 0.2) is 0 Å². The molecule has 19 heavy (non-hydrogen) atoms. The van der Waals surface area contributed by atoms with Crippen LogP contribution in [-0.2, 0) is 14.8 Å². The molecular weight excluding hydrogens is 269 g/mol. The fourth-order valence-corrected chi connectivity index (χ4v) is 3.44. The van der Waals surface area contributed by atoms with Crippen LogP contribution in [0.5, 0.6) is 0 Å². The molecule has 1 fully saturated rings. The average Bonchev–Trinajstić information content (AvgIpc) is 2.39. The Kier molecular flexibility index (Phi) is 4.27. The fourth-order valence-electron chi connectivity index (χ4n) is 1.99. The van der Waals surface area contributed by atoms with E-state index in [0.717, 1.165) is 0 Å². The predicted molar refractivity (Wildman–Crippen MR) is 70.6 cm³/mol. The molecule has 0 amide bonds. The molecule has 1 aromatic carbocycles. The van der Waals surface area contributed by atoms with Gasteiger partial charge in [-0.15, -0.1) is 0 Å². The highest BCUT2D eigenvalue weighted by Gasteiger charge is 2.27. The van der Waals surface area contributed by atoms with Gasteiger partial charge in [-0.2, -0.15) is 4.31 Å². The van der Waals surface area contributed by atoms with Gasteiger partial charge < -0.3 is 14.8 Å². The van der Waals surface area contributed by atoms with Crippen LogP contribution in [0.2, 0.25) is 0 Å². The van der Waals surface area contributed by atoms with Crippen LogP contribution in [0, 0.1) is 6.92 Å². The third-order valence-electron chi connectivity index (χ3n) is 3.14. The molecule has 0 aliphatic carbocycles. The second kappa shape index (κ2) is 5.60. The highest BCUT2D eigenvalue weighted by Crippen LogP contribution is 2.16. The molecule has 2 N–H and O–H groups in total. The van der Waals surface area contributed by atoms with Crippen molar-refractivity contribution >= 4 is 22.6 Å². The van der Waals surface area contributed by atoms with Gasteiger partial charge >= 0.3 is 7.12 Å². The van der Waals surface area contributed by atoms with E-state index in [1.807, 2.05) is 0 Å². The maximum Gasteiger partial charge on any atom is 0.488 e. The van der Waals surface area contributed by atoms with E-state index in [0.29, 0.717) is 31.9 Å². The highest BCUT2D eigenvalue weighted by molar-refractivity contribution is 7.89. The number of rotatable bonds is 3. The topological polar surface area (TPSA) is 87.1 Å². The molecule has 104 valence electrons. The van der Waals surface area contributed by atoms with E-state index in [1.165, 1.54) is 16.4 Å². The van der Waals surface area contributed by atoms with Crippen molar-refractivity contribution < 1.29 is 23.2 Å². The lowest BCUT2D eigenvalue weighted by Crippen LogP contribution is -2.41. The summed E-state index contributed by atoms with van der Waals surface area (Å²) in [6.45, 7) is 3.07. The monoisotopic (exact) mass is 285 g/mol. The van der Waals surface area contributed by atoms with Crippen molar-refractivity contribution in [2.75, 3.05) is 26.3 Å². The van der Waals surface area contributed by atoms with E-state index < -0.39 is 17.1 Å². The minimum absolute atomic E-state index is 0.0723. The zero-order valence-corrected chi connectivity index (χ0v) is 11.4. The molecule has 1 saturated heterocycles. The summed E-state index contributed by atoms with van der Waals surface area (Å²) in [6, 6.07) is 4.36. The summed E-state index contributed by atoms with van der Waals surface area (Å²) in [4.78, 5) is 0.0723. The molecule has 0 aromatic heterocycles. The Morgan fingerprint density at radius 2 is 1.89 bits per heavy atom. The van der Waals surface area contributed by atoms with E-state index in [-0.39, 0.29) is 10.4 Å². The van der Waals surface area contributed by atoms with Gasteiger partial charge in [0.1, 0.15) is 0 Å². The standard InChI is InChI=1S/C11H16BNO5S/c1-9-2-3-10(8-11(9)12(14)15)19(16,17)13-4-6-18-7-5-13/h2-3,8,14-15H,4-7H2,1H3. The van der Waals surface area contributed by atoms with Gasteiger partial charge in [0, 0.05) is 13.1 Å². The number of hydrogen-bond donors (Lipinski definition) is 2. The second-order valence-corrected chi connectivity index (χ2v) is 6.35. The Balaban J connectivity index is 2.37. The molecule has 1 aromatic rings. The lowest BCUT2D eigenvalue weighted by Gasteiger charge is -2.26. The number of sulfonamides is 1. The van der Waals surface area contributed by atoms with Crippen LogP contribution in [0.1, 0.15) is 5.56 Å². The molecule has 6 nitrogen and oxygen atoms in total. The summed E-state index contributed by atoms with van der Waals surface area (Å²) in [5.41, 5.74) is 0.838. The number of hydrogen-bond acceptors (Lipinski definition) is 5. The van der Waals surface area contributed by atoms with Crippen LogP contribution >= 0.6 is 0 Å². The summed E-state index contributed by atoms with van der Waals surface area (Å²) in [5, 5.41) is 18.5. The average molecular weight is 285 g/mol. The molecule has 1 aliphatic rings. The summed E-state index contributed by atoms with van der Waals surface area (Å²) in [5.74, 6) is 0. The number of aryl methyl sites for hydroxylation is 1. The zero-order chi connectivity index (χ0) is 14.0. The minimum atomic E-state index is -3.60. The molecule has 2 rings (SSSR count). The van der Waals surface area contributed by atoms with Crippen molar-refractivity contribution in [1.29, 1.82) is 0 Å². The van der Waals surface area contributed by atoms with E-state index in [9.17, 15) is 18.5 Å². The molecule has 0 saturated carbocycles. The molecule has 0 unspecified atom stereocenters. The van der Waals surface area contributed by atoms with E-state index in [2.05, 4.69) is 0 Å². The third-order valence-corrected chi connectivity index (χ3v) is 5.03. The number of ether oxygens (including phenoxy) is 1. The van der Waals surface area contributed by atoms with E-state index >= 15 is 0 Å². The van der Waals surface area contributed by atoms with Crippen LogP contribution in [0.25, 0.3) is 0 Å². The van der Waals surface area contributed by atoms with Crippen LogP contribution in [0.15, 0.2) is 23.1 Å². The molecule has 0 spiro atoms. The van der Waals surface area contributed by atoms with Gasteiger partial charge in [-0.1, -0.05) is 11.6 Å². The molecule has 1 heterocycles. The Bertz CT molecular complexity index is 554. The normalized spacial score (nSPS) is 17.4. The van der Waals surface area contributed by atoms with Crippen molar-refractivity contribution in [2.24, 2.45) is 0 Å². The Labute approximate surface area is 112 Å². The Morgan fingerprint density at radius 3 is 2.47 bits per heavy atom. The molecule has 0 radical (unpaired) electrons. The summed E-state index contributed by atoms with van der Waals surface area (Å²) < 4.78 is 31.2. The molecule has 0 atom stereocenters. The Morgan fingerprint density at radius 1 is 1.26 bits per heavy atom. The van der Waals surface area contributed by atoms with Crippen LogP contribution in [-0.4, -0.2) is 56.2 Å². The molecule has 0 bridgehead atoms. The van der Waals surface area contributed by atoms with Gasteiger partial charge in [0.2, 0.25) is 10.0 Å². The van der Waals surface area contributed by atoms with Crippen molar-refractivity contribution in [3.8, 4) is 0 Å². The molecular formula is C11H16BNO5S. The number of nitrogens with zero attached hydrogens (tertiary/aromatic N) is 1. The molecule has 1 aliphatic heterocycles. The van der Waals surface area contributed by atoms with Crippen molar-refractivity contribution in [1.82, 2.24) is 4.31 Å². The van der Waals surface area contributed by atoms with Gasteiger partial charge in [0.25, 0.3) is 0 Å². The first-order valence-electron chi connectivity index (χ1n) is 5.97. The summed E-state index contributed by atoms with van der Waals surface area (Å²) >= 11 is 0. The van der Waals surface area contributed by atoms with Gasteiger partial charge in [-0.25, -0.2) is 8.42 Å². The van der Waals surface area contributed by atoms with Gasteiger partial charge in [-0.05, 0) is 24.5 Å². The molecule has 8 heteroatoms. The summed E-state index contributed by atoms with van der Waals surface area (Å²) in [7, 11) is -5.28. The van der Waals surface area contributed by atoms with Crippen LogP contribution < -0.4 is 5.46 Å². The quantitative estimate of drug-likeness (QED) is 0.674. The third kappa shape index (κ3) is 2.98. The smallest absolute Gasteiger partial charge is 0.423 e. The first kappa shape index (κ1) is 14.5.